The van der Waals surface area contributed by atoms with E-state index in [1.54, 1.807) is 18.9 Å². The molecule has 0 unspecified atom stereocenters. The van der Waals surface area contributed by atoms with Crippen molar-refractivity contribution in [1.82, 2.24) is 10.2 Å². The van der Waals surface area contributed by atoms with Crippen LogP contribution in [0.5, 0.6) is 5.75 Å². The van der Waals surface area contributed by atoms with Crippen LogP contribution in [0.25, 0.3) is 0 Å². The third kappa shape index (κ3) is 4.17. The van der Waals surface area contributed by atoms with Gasteiger partial charge in [0.05, 0.1) is 18.5 Å². The fourth-order valence-corrected chi connectivity index (χ4v) is 4.49. The molecule has 142 valence electrons. The van der Waals surface area contributed by atoms with Crippen molar-refractivity contribution >= 4 is 39.6 Å². The van der Waals surface area contributed by atoms with E-state index in [1.165, 1.54) is 16.9 Å². The number of thioether (sulfide) groups is 1. The molecule has 2 rings (SSSR count). The summed E-state index contributed by atoms with van der Waals surface area (Å²) < 4.78 is 6.67. The Morgan fingerprint density at radius 3 is 2.27 bits per heavy atom. The molecule has 0 N–H and O–H groups in total. The lowest BCUT2D eigenvalue weighted by Gasteiger charge is -2.28. The topological polar surface area (TPSA) is 63.0 Å². The molecule has 0 aliphatic carbocycles. The van der Waals surface area contributed by atoms with Crippen molar-refractivity contribution in [2.45, 2.75) is 45.9 Å². The van der Waals surface area contributed by atoms with E-state index in [0.29, 0.717) is 5.13 Å². The number of hydrogen-bond donors (Lipinski definition) is 0. The molecule has 1 aromatic heterocycles. The quantitative estimate of drug-likeness (QED) is 0.416. The van der Waals surface area contributed by atoms with Crippen molar-refractivity contribution in [1.29, 1.82) is 0 Å². The Bertz CT molecular complexity index is 784. The number of ether oxygens (including phenoxy) is 1. The highest BCUT2D eigenvalue weighted by Crippen LogP contribution is 2.44. The van der Waals surface area contributed by atoms with Crippen LogP contribution in [0.2, 0.25) is 0 Å². The van der Waals surface area contributed by atoms with E-state index in [1.807, 2.05) is 6.92 Å². The minimum absolute atomic E-state index is 0.573. The minimum Gasteiger partial charge on any atom is -0.494 e. The van der Waals surface area contributed by atoms with Gasteiger partial charge < -0.3 is 9.64 Å². The maximum atomic E-state index is 5.75. The number of aromatic nitrogens is 2. The van der Waals surface area contributed by atoms with E-state index in [-0.39, 0.29) is 0 Å². The molecule has 1 heterocycles. The summed E-state index contributed by atoms with van der Waals surface area (Å²) in [4.78, 5) is 2.31. The average Bonchev–Trinajstić information content (AvgIpc) is 3.08. The molecular formula is C18H27N5OS2. The summed E-state index contributed by atoms with van der Waals surface area (Å²) in [5.41, 5.74) is 5.26. The molecule has 26 heavy (non-hydrogen) atoms. The van der Waals surface area contributed by atoms with Gasteiger partial charge in [0.1, 0.15) is 5.75 Å². The van der Waals surface area contributed by atoms with Crippen molar-refractivity contribution in [2.24, 2.45) is 10.2 Å². The molecule has 0 radical (unpaired) electrons. The van der Waals surface area contributed by atoms with Crippen LogP contribution >= 0.6 is 23.1 Å². The van der Waals surface area contributed by atoms with Crippen molar-refractivity contribution in [3.8, 4) is 5.75 Å². The van der Waals surface area contributed by atoms with Crippen LogP contribution in [0.1, 0.15) is 37.5 Å². The van der Waals surface area contributed by atoms with Crippen LogP contribution in [0.3, 0.4) is 0 Å². The second-order valence-electron chi connectivity index (χ2n) is 5.76. The summed E-state index contributed by atoms with van der Waals surface area (Å²) in [6.07, 6.45) is 0. The number of hydrogen-bond acceptors (Lipinski definition) is 8. The number of nitrogens with zero attached hydrogens (tertiary/aromatic N) is 5. The van der Waals surface area contributed by atoms with Crippen molar-refractivity contribution in [3.63, 3.8) is 0 Å². The summed E-state index contributed by atoms with van der Waals surface area (Å²) in [5.74, 6) is 1.83. The molecule has 0 atom stereocenters. The highest BCUT2D eigenvalue weighted by molar-refractivity contribution is 8.01. The number of benzene rings is 1. The van der Waals surface area contributed by atoms with Gasteiger partial charge in [0.2, 0.25) is 0 Å². The molecule has 0 bridgehead atoms. The van der Waals surface area contributed by atoms with Gasteiger partial charge in [-0.05, 0) is 51.5 Å². The van der Waals surface area contributed by atoms with Crippen LogP contribution < -0.4 is 9.64 Å². The zero-order valence-electron chi connectivity index (χ0n) is 16.6. The van der Waals surface area contributed by atoms with Gasteiger partial charge in [-0.2, -0.15) is 0 Å². The molecule has 6 nitrogen and oxygen atoms in total. The van der Waals surface area contributed by atoms with Crippen molar-refractivity contribution < 1.29 is 4.74 Å². The standard InChI is InChI=1S/C18H27N5OS2/c1-8-23(9-2)15-12(5)11(4)14(13(6)16(15)24-7)19-20-17-21-22-18(26-17)25-10-3/h8-10H2,1-7H3. The lowest BCUT2D eigenvalue weighted by atomic mass is 9.99. The molecule has 0 saturated heterocycles. The van der Waals surface area contributed by atoms with Crippen LogP contribution in [-0.4, -0.2) is 36.1 Å². The second kappa shape index (κ2) is 9.32. The highest BCUT2D eigenvalue weighted by atomic mass is 32.2. The van der Waals surface area contributed by atoms with Gasteiger partial charge in [-0.25, -0.2) is 0 Å². The van der Waals surface area contributed by atoms with Gasteiger partial charge in [-0.3, -0.25) is 0 Å². The number of anilines is 1. The Kier molecular flexibility index (Phi) is 7.40. The summed E-state index contributed by atoms with van der Waals surface area (Å²) >= 11 is 3.12. The largest absolute Gasteiger partial charge is 0.494 e. The normalized spacial score (nSPS) is 11.3. The first-order chi connectivity index (χ1) is 12.5. The first-order valence-corrected chi connectivity index (χ1v) is 10.6. The van der Waals surface area contributed by atoms with Gasteiger partial charge in [-0.1, -0.05) is 30.0 Å². The number of methoxy groups -OCH3 is 1. The Morgan fingerprint density at radius 1 is 1.00 bits per heavy atom. The van der Waals surface area contributed by atoms with E-state index in [2.05, 4.69) is 59.9 Å². The van der Waals surface area contributed by atoms with E-state index < -0.39 is 0 Å². The monoisotopic (exact) mass is 393 g/mol. The summed E-state index contributed by atoms with van der Waals surface area (Å²) in [5, 5.41) is 17.6. The molecule has 8 heteroatoms. The zero-order valence-corrected chi connectivity index (χ0v) is 18.2. The van der Waals surface area contributed by atoms with Gasteiger partial charge in [-0.15, -0.1) is 20.4 Å². The molecule has 1 aromatic carbocycles. The summed E-state index contributed by atoms with van der Waals surface area (Å²) in [7, 11) is 1.71. The van der Waals surface area contributed by atoms with E-state index in [0.717, 1.165) is 51.4 Å². The first-order valence-electron chi connectivity index (χ1n) is 8.79. The average molecular weight is 394 g/mol. The molecule has 0 aliphatic rings. The molecule has 0 amide bonds. The van der Waals surface area contributed by atoms with Crippen LogP contribution in [-0.2, 0) is 0 Å². The molecule has 0 fully saturated rings. The minimum atomic E-state index is 0.573. The van der Waals surface area contributed by atoms with Crippen LogP contribution in [0.4, 0.5) is 16.5 Å². The van der Waals surface area contributed by atoms with E-state index >= 15 is 0 Å². The van der Waals surface area contributed by atoms with Crippen molar-refractivity contribution in [2.75, 3.05) is 30.9 Å². The molecular weight excluding hydrogens is 366 g/mol. The SMILES string of the molecule is CCSc1nnc(N=Nc2c(C)c(C)c(N(CC)CC)c(OC)c2C)s1. The Labute approximate surface area is 164 Å². The van der Waals surface area contributed by atoms with Crippen LogP contribution in [0.15, 0.2) is 14.6 Å². The second-order valence-corrected chi connectivity index (χ2v) is 8.23. The van der Waals surface area contributed by atoms with Crippen LogP contribution in [0, 0.1) is 20.8 Å². The summed E-state index contributed by atoms with van der Waals surface area (Å²) in [6.45, 7) is 14.5. The third-order valence-electron chi connectivity index (χ3n) is 4.37. The molecule has 0 saturated carbocycles. The highest BCUT2D eigenvalue weighted by Gasteiger charge is 2.21. The van der Waals surface area contributed by atoms with Crippen molar-refractivity contribution in [3.05, 3.63) is 16.7 Å². The Hall–Kier alpha value is -1.67. The third-order valence-corrected chi connectivity index (χ3v) is 6.19. The van der Waals surface area contributed by atoms with E-state index in [4.69, 9.17) is 4.74 Å². The van der Waals surface area contributed by atoms with Gasteiger partial charge in [0, 0.05) is 18.7 Å². The number of azo groups is 1. The fraction of sp³-hybridized carbons (Fsp3) is 0.556. The lowest BCUT2D eigenvalue weighted by molar-refractivity contribution is 0.411. The summed E-state index contributed by atoms with van der Waals surface area (Å²) in [6, 6.07) is 0. The lowest BCUT2D eigenvalue weighted by Crippen LogP contribution is -2.24. The fourth-order valence-electron chi connectivity index (χ4n) is 2.93. The molecule has 0 aliphatic heterocycles. The zero-order chi connectivity index (χ0) is 19.3. The molecule has 2 aromatic rings. The number of rotatable bonds is 8. The molecule has 0 spiro atoms. The first kappa shape index (κ1) is 20.6. The van der Waals surface area contributed by atoms with Gasteiger partial charge >= 0.3 is 0 Å². The predicted octanol–water partition coefficient (Wildman–Crippen LogP) is 5.85. The maximum Gasteiger partial charge on any atom is 0.252 e. The predicted molar refractivity (Wildman–Crippen MR) is 111 cm³/mol. The smallest absolute Gasteiger partial charge is 0.252 e. The van der Waals surface area contributed by atoms with Gasteiger partial charge in [0.15, 0.2) is 4.34 Å². The Morgan fingerprint density at radius 2 is 1.69 bits per heavy atom. The Balaban J connectivity index is 2.49. The van der Waals surface area contributed by atoms with E-state index in [9.17, 15) is 0 Å². The van der Waals surface area contributed by atoms with Gasteiger partial charge in [0.25, 0.3) is 5.13 Å². The maximum absolute atomic E-state index is 5.75.